The van der Waals surface area contributed by atoms with Crippen molar-refractivity contribution in [3.8, 4) is 0 Å². The van der Waals surface area contributed by atoms with Gasteiger partial charge in [-0.05, 0) is 18.9 Å². The molecular weight excluding hydrogens is 202 g/mol. The zero-order valence-electron chi connectivity index (χ0n) is 11.0. The third-order valence-corrected chi connectivity index (χ3v) is 3.55. The first kappa shape index (κ1) is 13.5. The third-order valence-electron chi connectivity index (χ3n) is 3.55. The molecule has 1 aliphatic rings. The Labute approximate surface area is 98.8 Å². The van der Waals surface area contributed by atoms with Gasteiger partial charge in [-0.15, -0.1) is 0 Å². The van der Waals surface area contributed by atoms with E-state index in [0.29, 0.717) is 12.3 Å². The van der Waals surface area contributed by atoms with Gasteiger partial charge in [-0.3, -0.25) is 9.69 Å². The van der Waals surface area contributed by atoms with Crippen molar-refractivity contribution in [3.63, 3.8) is 0 Å². The molecule has 4 heteroatoms. The van der Waals surface area contributed by atoms with Gasteiger partial charge in [0.1, 0.15) is 0 Å². The number of nitrogens with two attached hydrogens (primary N) is 1. The van der Waals surface area contributed by atoms with Gasteiger partial charge < -0.3 is 10.6 Å². The van der Waals surface area contributed by atoms with E-state index in [4.69, 9.17) is 5.73 Å². The van der Waals surface area contributed by atoms with Crippen LogP contribution in [0.3, 0.4) is 0 Å². The molecule has 0 bridgehead atoms. The highest BCUT2D eigenvalue weighted by molar-refractivity contribution is 5.75. The summed E-state index contributed by atoms with van der Waals surface area (Å²) in [6.45, 7) is 7.28. The molecule has 0 spiro atoms. The Kier molecular flexibility index (Phi) is 4.33. The molecule has 1 saturated heterocycles. The van der Waals surface area contributed by atoms with Gasteiger partial charge in [0.2, 0.25) is 5.91 Å². The number of carbonyl (C=O) groups is 1. The minimum Gasteiger partial charge on any atom is -0.349 e. The minimum absolute atomic E-state index is 0.00551. The lowest BCUT2D eigenvalue weighted by Crippen LogP contribution is -2.69. The first-order valence-electron chi connectivity index (χ1n) is 6.06. The van der Waals surface area contributed by atoms with E-state index in [0.717, 1.165) is 26.1 Å². The quantitative estimate of drug-likeness (QED) is 0.745. The number of amides is 1. The molecule has 0 radical (unpaired) electrons. The summed E-state index contributed by atoms with van der Waals surface area (Å²) in [4.78, 5) is 15.3. The van der Waals surface area contributed by atoms with Gasteiger partial charge in [0.25, 0.3) is 0 Å². The lowest BCUT2D eigenvalue weighted by atomic mass is 9.80. The maximum Gasteiger partial charge on any atom is 0.222 e. The molecule has 1 heterocycles. The summed E-state index contributed by atoms with van der Waals surface area (Å²) in [6, 6.07) is 0. The Bertz CT molecular complexity index is 245. The van der Waals surface area contributed by atoms with Crippen LogP contribution in [0.5, 0.6) is 0 Å². The van der Waals surface area contributed by atoms with Crippen molar-refractivity contribution in [2.75, 3.05) is 33.7 Å². The summed E-state index contributed by atoms with van der Waals surface area (Å²) in [5, 5.41) is 0. The van der Waals surface area contributed by atoms with Gasteiger partial charge in [-0.25, -0.2) is 0 Å². The fourth-order valence-corrected chi connectivity index (χ4v) is 1.99. The second-order valence-electron chi connectivity index (χ2n) is 5.49. The van der Waals surface area contributed by atoms with Crippen molar-refractivity contribution >= 4 is 5.91 Å². The van der Waals surface area contributed by atoms with E-state index in [9.17, 15) is 4.79 Å². The average molecular weight is 227 g/mol. The largest absolute Gasteiger partial charge is 0.349 e. The predicted octanol–water partition coefficient (Wildman–Crippen LogP) is 0.524. The fraction of sp³-hybridized carbons (Fsp3) is 0.917. The Morgan fingerprint density at radius 2 is 2.00 bits per heavy atom. The van der Waals surface area contributed by atoms with Gasteiger partial charge >= 0.3 is 0 Å². The predicted molar refractivity (Wildman–Crippen MR) is 66.1 cm³/mol. The number of nitrogens with zero attached hydrogens (tertiary/aromatic N) is 2. The van der Waals surface area contributed by atoms with Crippen molar-refractivity contribution < 1.29 is 4.79 Å². The second kappa shape index (κ2) is 5.15. The highest BCUT2D eigenvalue weighted by Gasteiger charge is 2.41. The molecule has 0 atom stereocenters. The molecule has 16 heavy (non-hydrogen) atoms. The monoisotopic (exact) mass is 227 g/mol. The summed E-state index contributed by atoms with van der Waals surface area (Å²) in [5.74, 6) is 0.746. The van der Waals surface area contributed by atoms with Gasteiger partial charge in [-0.2, -0.15) is 0 Å². The van der Waals surface area contributed by atoms with Crippen LogP contribution < -0.4 is 5.73 Å². The number of hydrogen-bond donors (Lipinski definition) is 1. The van der Waals surface area contributed by atoms with E-state index in [2.05, 4.69) is 18.7 Å². The van der Waals surface area contributed by atoms with Crippen LogP contribution in [-0.4, -0.2) is 55.0 Å². The average Bonchev–Trinajstić information content (AvgIpc) is 2.13. The van der Waals surface area contributed by atoms with Crippen molar-refractivity contribution in [1.29, 1.82) is 0 Å². The van der Waals surface area contributed by atoms with E-state index < -0.39 is 0 Å². The van der Waals surface area contributed by atoms with Gasteiger partial charge in [0, 0.05) is 39.1 Å². The van der Waals surface area contributed by atoms with Gasteiger partial charge in [0.05, 0.1) is 0 Å². The summed E-state index contributed by atoms with van der Waals surface area (Å²) >= 11 is 0. The van der Waals surface area contributed by atoms with E-state index in [1.807, 2.05) is 0 Å². The number of likely N-dealkylation sites (tertiary alicyclic amines) is 1. The van der Waals surface area contributed by atoms with Crippen LogP contribution in [0.1, 0.15) is 26.7 Å². The summed E-state index contributed by atoms with van der Waals surface area (Å²) < 4.78 is 0. The third kappa shape index (κ3) is 3.19. The first-order valence-corrected chi connectivity index (χ1v) is 6.06. The molecule has 1 fully saturated rings. The number of hydrogen-bond acceptors (Lipinski definition) is 3. The van der Waals surface area contributed by atoms with Crippen molar-refractivity contribution in [1.82, 2.24) is 9.80 Å². The maximum absolute atomic E-state index is 11.3. The summed E-state index contributed by atoms with van der Waals surface area (Å²) in [5.41, 5.74) is 6.20. The lowest BCUT2D eigenvalue weighted by Gasteiger charge is -2.50. The van der Waals surface area contributed by atoms with Gasteiger partial charge in [0.15, 0.2) is 0 Å². The fourth-order valence-electron chi connectivity index (χ4n) is 1.99. The molecule has 1 aliphatic heterocycles. The summed E-state index contributed by atoms with van der Waals surface area (Å²) in [7, 11) is 3.60. The van der Waals surface area contributed by atoms with Crippen molar-refractivity contribution in [2.24, 2.45) is 11.7 Å². The molecule has 2 N–H and O–H groups in total. The SMILES string of the molecule is CC(C)C1(N)CN(CCCC(=O)N(C)C)C1. The Morgan fingerprint density at radius 3 is 2.44 bits per heavy atom. The Hall–Kier alpha value is -0.610. The highest BCUT2D eigenvalue weighted by Crippen LogP contribution is 2.25. The van der Waals surface area contributed by atoms with Crippen LogP contribution in [0.15, 0.2) is 0 Å². The molecule has 0 saturated carbocycles. The van der Waals surface area contributed by atoms with E-state index >= 15 is 0 Å². The number of carbonyl (C=O) groups excluding carboxylic acids is 1. The van der Waals surface area contributed by atoms with Crippen molar-refractivity contribution in [3.05, 3.63) is 0 Å². The molecule has 4 nitrogen and oxygen atoms in total. The molecule has 0 unspecified atom stereocenters. The highest BCUT2D eigenvalue weighted by atomic mass is 16.2. The lowest BCUT2D eigenvalue weighted by molar-refractivity contribution is -0.128. The molecule has 0 aliphatic carbocycles. The minimum atomic E-state index is 0.00551. The summed E-state index contributed by atoms with van der Waals surface area (Å²) in [6.07, 6.45) is 1.58. The zero-order valence-corrected chi connectivity index (χ0v) is 11.0. The smallest absolute Gasteiger partial charge is 0.222 e. The number of rotatable bonds is 5. The van der Waals surface area contributed by atoms with Crippen LogP contribution in [0, 0.1) is 5.92 Å². The van der Waals surface area contributed by atoms with E-state index in [-0.39, 0.29) is 11.4 Å². The molecule has 1 rings (SSSR count). The van der Waals surface area contributed by atoms with E-state index in [1.54, 1.807) is 19.0 Å². The standard InChI is InChI=1S/C12H25N3O/c1-10(2)12(13)8-15(9-12)7-5-6-11(16)14(3)4/h10H,5-9,13H2,1-4H3. The topological polar surface area (TPSA) is 49.6 Å². The second-order valence-corrected chi connectivity index (χ2v) is 5.49. The first-order chi connectivity index (χ1) is 7.35. The molecule has 0 aromatic rings. The van der Waals surface area contributed by atoms with Gasteiger partial charge in [-0.1, -0.05) is 13.8 Å². The molecule has 0 aromatic carbocycles. The molecular formula is C12H25N3O. The normalized spacial score (nSPS) is 19.6. The Morgan fingerprint density at radius 1 is 1.44 bits per heavy atom. The molecule has 1 amide bonds. The van der Waals surface area contributed by atoms with Crippen LogP contribution in [0.4, 0.5) is 0 Å². The van der Waals surface area contributed by atoms with Crippen LogP contribution in [-0.2, 0) is 4.79 Å². The Balaban J connectivity index is 2.12. The van der Waals surface area contributed by atoms with E-state index in [1.165, 1.54) is 0 Å². The molecule has 94 valence electrons. The van der Waals surface area contributed by atoms with Crippen LogP contribution >= 0.6 is 0 Å². The maximum atomic E-state index is 11.3. The van der Waals surface area contributed by atoms with Crippen LogP contribution in [0.25, 0.3) is 0 Å². The van der Waals surface area contributed by atoms with Crippen molar-refractivity contribution in [2.45, 2.75) is 32.2 Å². The van der Waals surface area contributed by atoms with Crippen LogP contribution in [0.2, 0.25) is 0 Å². The molecule has 0 aromatic heterocycles. The zero-order chi connectivity index (χ0) is 12.3.